The fourth-order valence-electron chi connectivity index (χ4n) is 4.42. The molecule has 4 aromatic rings. The van der Waals surface area contributed by atoms with Gasteiger partial charge in [-0.15, -0.1) is 5.10 Å². The van der Waals surface area contributed by atoms with Crippen molar-refractivity contribution in [3.8, 4) is 0 Å². The van der Waals surface area contributed by atoms with E-state index in [1.807, 2.05) is 37.4 Å². The standard InChI is InChI=1S/C24H26ClN9/c1-15-2-5-21(32-31-15)33-9-6-17(7-10-33)28-23-19(25)13-27-24(30-23)29-18-8-11-34-20(16-3-4-16)14-26-22(34)12-18/h2,5,8,11-14,16-17H,3-4,6-7,9-10H2,1H3,(H2,27,28,29,30). The number of nitrogens with zero attached hydrogens (tertiary/aromatic N) is 7. The Balaban J connectivity index is 1.11. The van der Waals surface area contributed by atoms with Gasteiger partial charge in [0, 0.05) is 54.9 Å². The van der Waals surface area contributed by atoms with Crippen LogP contribution in [-0.4, -0.2) is 48.7 Å². The molecule has 0 atom stereocenters. The van der Waals surface area contributed by atoms with Crippen molar-refractivity contribution in [1.29, 1.82) is 0 Å². The molecule has 1 saturated heterocycles. The van der Waals surface area contributed by atoms with E-state index in [4.69, 9.17) is 11.6 Å². The summed E-state index contributed by atoms with van der Waals surface area (Å²) in [5.41, 5.74) is 4.03. The predicted molar refractivity (Wildman–Crippen MR) is 133 cm³/mol. The van der Waals surface area contributed by atoms with Crippen LogP contribution >= 0.6 is 11.6 Å². The topological polar surface area (TPSA) is 96.2 Å². The highest BCUT2D eigenvalue weighted by molar-refractivity contribution is 6.32. The van der Waals surface area contributed by atoms with E-state index < -0.39 is 0 Å². The van der Waals surface area contributed by atoms with Gasteiger partial charge in [-0.05, 0) is 50.8 Å². The average molecular weight is 476 g/mol. The Labute approximate surface area is 202 Å². The molecule has 1 saturated carbocycles. The third-order valence-electron chi connectivity index (χ3n) is 6.48. The number of hydrogen-bond acceptors (Lipinski definition) is 8. The molecular weight excluding hydrogens is 450 g/mol. The number of aromatic nitrogens is 6. The van der Waals surface area contributed by atoms with Gasteiger partial charge in [-0.3, -0.25) is 0 Å². The molecule has 174 valence electrons. The highest BCUT2D eigenvalue weighted by Gasteiger charge is 2.26. The quantitative estimate of drug-likeness (QED) is 0.418. The van der Waals surface area contributed by atoms with Crippen molar-refractivity contribution in [2.24, 2.45) is 0 Å². The molecule has 2 fully saturated rings. The van der Waals surface area contributed by atoms with Crippen molar-refractivity contribution in [2.75, 3.05) is 28.6 Å². The number of piperidine rings is 1. The van der Waals surface area contributed by atoms with Crippen molar-refractivity contribution >= 4 is 40.5 Å². The van der Waals surface area contributed by atoms with Gasteiger partial charge in [0.15, 0.2) is 11.6 Å². The number of pyridine rings is 1. The van der Waals surface area contributed by atoms with Gasteiger partial charge >= 0.3 is 0 Å². The van der Waals surface area contributed by atoms with E-state index in [9.17, 15) is 0 Å². The minimum atomic E-state index is 0.275. The van der Waals surface area contributed by atoms with Gasteiger partial charge < -0.3 is 19.9 Å². The van der Waals surface area contributed by atoms with E-state index in [1.54, 1.807) is 6.20 Å². The van der Waals surface area contributed by atoms with Crippen LogP contribution in [0.25, 0.3) is 5.65 Å². The predicted octanol–water partition coefficient (Wildman–Crippen LogP) is 4.58. The number of aryl methyl sites for hydroxylation is 1. The van der Waals surface area contributed by atoms with Crippen LogP contribution < -0.4 is 15.5 Å². The molecule has 5 heterocycles. The summed E-state index contributed by atoms with van der Waals surface area (Å²) in [6.45, 7) is 3.75. The van der Waals surface area contributed by atoms with E-state index in [0.717, 1.165) is 48.8 Å². The molecule has 0 unspecified atom stereocenters. The minimum Gasteiger partial charge on any atom is -0.366 e. The summed E-state index contributed by atoms with van der Waals surface area (Å²) < 4.78 is 2.16. The lowest BCUT2D eigenvalue weighted by molar-refractivity contribution is 0.521. The second kappa shape index (κ2) is 8.72. The SMILES string of the molecule is Cc1ccc(N2CCC(Nc3nc(Nc4ccn5c(C6CC6)cnc5c4)ncc3Cl)CC2)nn1. The Morgan fingerprint density at radius 1 is 1.00 bits per heavy atom. The molecule has 0 spiro atoms. The Hall–Kier alpha value is -3.46. The van der Waals surface area contributed by atoms with E-state index in [-0.39, 0.29) is 6.04 Å². The number of imidazole rings is 1. The number of fused-ring (bicyclic) bond motifs is 1. The molecule has 4 aromatic heterocycles. The second-order valence-electron chi connectivity index (χ2n) is 9.05. The lowest BCUT2D eigenvalue weighted by atomic mass is 10.1. The highest BCUT2D eigenvalue weighted by atomic mass is 35.5. The first-order valence-corrected chi connectivity index (χ1v) is 12.1. The van der Waals surface area contributed by atoms with Gasteiger partial charge in [-0.1, -0.05) is 11.6 Å². The van der Waals surface area contributed by atoms with Crippen LogP contribution in [0.5, 0.6) is 0 Å². The third-order valence-corrected chi connectivity index (χ3v) is 6.76. The van der Waals surface area contributed by atoms with E-state index in [2.05, 4.69) is 51.3 Å². The number of rotatable bonds is 6. The van der Waals surface area contributed by atoms with Crippen molar-refractivity contribution in [3.63, 3.8) is 0 Å². The summed E-state index contributed by atoms with van der Waals surface area (Å²) >= 11 is 6.42. The molecule has 2 N–H and O–H groups in total. The second-order valence-corrected chi connectivity index (χ2v) is 9.46. The maximum absolute atomic E-state index is 6.42. The molecule has 34 heavy (non-hydrogen) atoms. The van der Waals surface area contributed by atoms with Crippen LogP contribution in [0.2, 0.25) is 5.02 Å². The lowest BCUT2D eigenvalue weighted by Gasteiger charge is -2.33. The molecule has 0 radical (unpaired) electrons. The van der Waals surface area contributed by atoms with Gasteiger partial charge in [0.25, 0.3) is 0 Å². The summed E-state index contributed by atoms with van der Waals surface area (Å²) in [7, 11) is 0. The molecule has 1 aliphatic carbocycles. The maximum atomic E-state index is 6.42. The van der Waals surface area contributed by atoms with E-state index >= 15 is 0 Å². The first kappa shape index (κ1) is 21.1. The van der Waals surface area contributed by atoms with Gasteiger partial charge in [-0.2, -0.15) is 10.1 Å². The Bertz CT molecular complexity index is 1310. The fourth-order valence-corrected chi connectivity index (χ4v) is 4.57. The summed E-state index contributed by atoms with van der Waals surface area (Å²) in [6.07, 6.45) is 10.1. The molecule has 9 nitrogen and oxygen atoms in total. The first-order valence-electron chi connectivity index (χ1n) is 11.7. The summed E-state index contributed by atoms with van der Waals surface area (Å²) in [5, 5.41) is 15.8. The fraction of sp³-hybridized carbons (Fsp3) is 0.375. The molecule has 0 bridgehead atoms. The van der Waals surface area contributed by atoms with Gasteiger partial charge in [0.1, 0.15) is 10.7 Å². The zero-order valence-electron chi connectivity index (χ0n) is 18.9. The van der Waals surface area contributed by atoms with Crippen LogP contribution in [-0.2, 0) is 0 Å². The van der Waals surface area contributed by atoms with Crippen LogP contribution in [0.15, 0.2) is 42.9 Å². The third kappa shape index (κ3) is 4.35. The average Bonchev–Trinajstić information content (AvgIpc) is 3.61. The van der Waals surface area contributed by atoms with Crippen molar-refractivity contribution < 1.29 is 0 Å². The molecule has 0 aromatic carbocycles. The Kier molecular flexibility index (Phi) is 5.41. The van der Waals surface area contributed by atoms with Crippen LogP contribution in [0.1, 0.15) is 43.0 Å². The van der Waals surface area contributed by atoms with Gasteiger partial charge in [0.2, 0.25) is 5.95 Å². The molecular formula is C24H26ClN9. The highest BCUT2D eigenvalue weighted by Crippen LogP contribution is 2.40. The smallest absolute Gasteiger partial charge is 0.229 e. The number of anilines is 4. The molecule has 6 rings (SSSR count). The Morgan fingerprint density at radius 3 is 2.62 bits per heavy atom. The summed E-state index contributed by atoms with van der Waals surface area (Å²) in [6, 6.07) is 8.34. The zero-order chi connectivity index (χ0) is 23.1. The van der Waals surface area contributed by atoms with Crippen LogP contribution in [0.4, 0.5) is 23.3 Å². The maximum Gasteiger partial charge on any atom is 0.229 e. The normalized spacial score (nSPS) is 16.7. The summed E-state index contributed by atoms with van der Waals surface area (Å²) in [4.78, 5) is 15.8. The van der Waals surface area contributed by atoms with E-state index in [0.29, 0.717) is 22.7 Å². The van der Waals surface area contributed by atoms with Crippen molar-refractivity contribution in [2.45, 2.75) is 44.6 Å². The lowest BCUT2D eigenvalue weighted by Crippen LogP contribution is -2.39. The Morgan fingerprint density at radius 2 is 1.85 bits per heavy atom. The number of hydrogen-bond donors (Lipinski definition) is 2. The molecule has 10 heteroatoms. The van der Waals surface area contributed by atoms with E-state index in [1.165, 1.54) is 18.5 Å². The largest absolute Gasteiger partial charge is 0.366 e. The molecule has 2 aliphatic rings. The number of halogens is 1. The zero-order valence-corrected chi connectivity index (χ0v) is 19.7. The monoisotopic (exact) mass is 475 g/mol. The minimum absolute atomic E-state index is 0.275. The van der Waals surface area contributed by atoms with Crippen molar-refractivity contribution in [1.82, 2.24) is 29.5 Å². The van der Waals surface area contributed by atoms with Gasteiger partial charge in [-0.25, -0.2) is 9.97 Å². The molecule has 0 amide bonds. The van der Waals surface area contributed by atoms with Crippen LogP contribution in [0, 0.1) is 6.92 Å². The van der Waals surface area contributed by atoms with Crippen molar-refractivity contribution in [3.05, 3.63) is 59.3 Å². The first-order chi connectivity index (χ1) is 16.6. The summed E-state index contributed by atoms with van der Waals surface area (Å²) in [5.74, 6) is 2.72. The van der Waals surface area contributed by atoms with Crippen LogP contribution in [0.3, 0.4) is 0 Å². The number of nitrogens with one attached hydrogen (secondary N) is 2. The van der Waals surface area contributed by atoms with Gasteiger partial charge in [0.05, 0.1) is 11.9 Å². The molecule has 1 aliphatic heterocycles.